The maximum Gasteiger partial charge on any atom is 0.328 e. The Labute approximate surface area is 162 Å². The highest BCUT2D eigenvalue weighted by atomic mass is 16.5. The summed E-state index contributed by atoms with van der Waals surface area (Å²) in [6, 6.07) is -0.269. The zero-order chi connectivity index (χ0) is 21.0. The average Bonchev–Trinajstić information content (AvgIpc) is 3.13. The molecule has 7 heteroatoms. The van der Waals surface area contributed by atoms with Gasteiger partial charge in [-0.3, -0.25) is 4.90 Å². The van der Waals surface area contributed by atoms with Crippen molar-refractivity contribution in [1.29, 1.82) is 0 Å². The standard InChI is InChI=1S/C13H16N2O3.C5H12O2.C2H6/c1-3-9-7-11(8-16)18-12(9)15-6-5-10(4-2)14-13(15)17;1-3-5(6,7)4-2;1-2/h1,4-6,9,11-12,16H,7-8H2,2H3,(H,14,17);6-7H,3-4H2,1-2H3;1-2H3/b10-4+;;. The van der Waals surface area contributed by atoms with Gasteiger partial charge in [0.1, 0.15) is 0 Å². The lowest BCUT2D eigenvalue weighted by atomic mass is 10.0. The molecule has 2 aliphatic heterocycles. The van der Waals surface area contributed by atoms with Gasteiger partial charge in [0.05, 0.1) is 18.6 Å². The van der Waals surface area contributed by atoms with Crippen LogP contribution in [0.1, 0.15) is 53.9 Å². The molecule has 1 fully saturated rings. The quantitative estimate of drug-likeness (QED) is 0.441. The van der Waals surface area contributed by atoms with Gasteiger partial charge in [-0.05, 0) is 32.3 Å². The van der Waals surface area contributed by atoms with Crippen molar-refractivity contribution in [3.05, 3.63) is 24.0 Å². The molecule has 2 rings (SSSR count). The number of allylic oxidation sites excluding steroid dienone is 2. The molecule has 0 aromatic heterocycles. The molecule has 0 bridgehead atoms. The van der Waals surface area contributed by atoms with Gasteiger partial charge in [0, 0.05) is 11.9 Å². The summed E-state index contributed by atoms with van der Waals surface area (Å²) in [6.45, 7) is 9.23. The SMILES string of the molecule is C#CC1CC(CO)OC1N1C=C/C(=C\C)NC1=O.CC.CCC(O)(O)CC. The van der Waals surface area contributed by atoms with E-state index < -0.39 is 12.0 Å². The van der Waals surface area contributed by atoms with Crippen LogP contribution in [0.15, 0.2) is 24.0 Å². The van der Waals surface area contributed by atoms with Crippen LogP contribution in [-0.4, -0.2) is 51.0 Å². The summed E-state index contributed by atoms with van der Waals surface area (Å²) >= 11 is 0. The fourth-order valence-electron chi connectivity index (χ4n) is 2.35. The summed E-state index contributed by atoms with van der Waals surface area (Å²) in [5, 5.41) is 29.2. The van der Waals surface area contributed by atoms with Crippen LogP contribution < -0.4 is 5.32 Å². The second kappa shape index (κ2) is 12.5. The smallest absolute Gasteiger partial charge is 0.328 e. The molecule has 3 atom stereocenters. The molecule has 0 spiro atoms. The van der Waals surface area contributed by atoms with E-state index in [1.54, 1.807) is 32.2 Å². The second-order valence-electron chi connectivity index (χ2n) is 5.93. The molecule has 154 valence electrons. The number of aliphatic hydroxyl groups excluding tert-OH is 1. The number of hydrogen-bond donors (Lipinski definition) is 4. The van der Waals surface area contributed by atoms with E-state index in [2.05, 4.69) is 11.2 Å². The average molecular weight is 383 g/mol. The minimum atomic E-state index is -1.42. The predicted molar refractivity (Wildman–Crippen MR) is 105 cm³/mol. The predicted octanol–water partition coefficient (Wildman–Crippen LogP) is 2.30. The van der Waals surface area contributed by atoms with Crippen molar-refractivity contribution in [3.8, 4) is 12.3 Å². The lowest BCUT2D eigenvalue weighted by molar-refractivity contribution is -0.163. The molecule has 0 saturated carbocycles. The van der Waals surface area contributed by atoms with Gasteiger partial charge < -0.3 is 25.4 Å². The number of terminal acetylenes is 1. The molecule has 0 aromatic carbocycles. The van der Waals surface area contributed by atoms with Crippen molar-refractivity contribution in [1.82, 2.24) is 10.2 Å². The minimum Gasteiger partial charge on any atom is -0.394 e. The highest BCUT2D eigenvalue weighted by Gasteiger charge is 2.39. The molecule has 0 aliphatic carbocycles. The first-order chi connectivity index (χ1) is 12.8. The summed E-state index contributed by atoms with van der Waals surface area (Å²) in [5.41, 5.74) is 0.741. The fraction of sp³-hybridized carbons (Fsp3) is 0.650. The van der Waals surface area contributed by atoms with Gasteiger partial charge >= 0.3 is 6.03 Å². The molecule has 4 N–H and O–H groups in total. The number of carbonyl (C=O) groups excluding carboxylic acids is 1. The number of nitrogens with zero attached hydrogens (tertiary/aromatic N) is 1. The van der Waals surface area contributed by atoms with Crippen LogP contribution >= 0.6 is 0 Å². The van der Waals surface area contributed by atoms with Crippen LogP contribution in [0, 0.1) is 18.3 Å². The van der Waals surface area contributed by atoms with Crippen LogP contribution in [0.4, 0.5) is 4.79 Å². The largest absolute Gasteiger partial charge is 0.394 e. The van der Waals surface area contributed by atoms with Gasteiger partial charge in [-0.25, -0.2) is 4.79 Å². The van der Waals surface area contributed by atoms with Gasteiger partial charge in [0.2, 0.25) is 0 Å². The van der Waals surface area contributed by atoms with Crippen molar-refractivity contribution in [2.24, 2.45) is 5.92 Å². The lowest BCUT2D eigenvalue weighted by Crippen LogP contribution is -2.47. The molecular formula is C20H34N2O5. The number of carbonyl (C=O) groups is 1. The first-order valence-electron chi connectivity index (χ1n) is 9.42. The van der Waals surface area contributed by atoms with E-state index in [0.717, 1.165) is 5.70 Å². The Morgan fingerprint density at radius 1 is 1.41 bits per heavy atom. The van der Waals surface area contributed by atoms with E-state index in [0.29, 0.717) is 19.3 Å². The van der Waals surface area contributed by atoms with E-state index in [9.17, 15) is 4.79 Å². The Hall–Kier alpha value is -1.85. The topological polar surface area (TPSA) is 102 Å². The summed E-state index contributed by atoms with van der Waals surface area (Å²) in [6.07, 6.45) is 11.2. The number of aliphatic hydroxyl groups is 3. The summed E-state index contributed by atoms with van der Waals surface area (Å²) in [7, 11) is 0. The molecular weight excluding hydrogens is 348 g/mol. The monoisotopic (exact) mass is 382 g/mol. The Bertz CT molecular complexity index is 545. The van der Waals surface area contributed by atoms with Crippen molar-refractivity contribution >= 4 is 6.03 Å². The van der Waals surface area contributed by atoms with Crippen LogP contribution in [-0.2, 0) is 4.74 Å². The van der Waals surface area contributed by atoms with Gasteiger partial charge in [-0.15, -0.1) is 6.42 Å². The molecule has 7 nitrogen and oxygen atoms in total. The Balaban J connectivity index is 0.000000637. The fourth-order valence-corrected chi connectivity index (χ4v) is 2.35. The van der Waals surface area contributed by atoms with E-state index in [1.807, 2.05) is 20.8 Å². The molecule has 2 heterocycles. The number of urea groups is 1. The van der Waals surface area contributed by atoms with Crippen LogP contribution in [0.5, 0.6) is 0 Å². The number of ether oxygens (including phenoxy) is 1. The zero-order valence-corrected chi connectivity index (χ0v) is 17.0. The van der Waals surface area contributed by atoms with Gasteiger partial charge in [-0.1, -0.05) is 39.7 Å². The number of amides is 2. The van der Waals surface area contributed by atoms with Crippen LogP contribution in [0.25, 0.3) is 0 Å². The second-order valence-corrected chi connectivity index (χ2v) is 5.93. The van der Waals surface area contributed by atoms with Gasteiger partial charge in [0.15, 0.2) is 12.0 Å². The maximum absolute atomic E-state index is 11.9. The Morgan fingerprint density at radius 2 is 2.00 bits per heavy atom. The van der Waals surface area contributed by atoms with E-state index in [-0.39, 0.29) is 24.7 Å². The number of hydrogen-bond acceptors (Lipinski definition) is 5. The highest BCUT2D eigenvalue weighted by molar-refractivity contribution is 5.79. The molecule has 27 heavy (non-hydrogen) atoms. The first-order valence-corrected chi connectivity index (χ1v) is 9.42. The Kier molecular flexibility index (Phi) is 11.7. The van der Waals surface area contributed by atoms with E-state index in [1.165, 1.54) is 4.90 Å². The molecule has 2 amide bonds. The molecule has 0 aromatic rings. The normalized spacial score (nSPS) is 25.7. The summed E-state index contributed by atoms with van der Waals surface area (Å²) < 4.78 is 5.59. The summed E-state index contributed by atoms with van der Waals surface area (Å²) in [5.74, 6) is 0.994. The maximum atomic E-state index is 11.9. The minimum absolute atomic E-state index is 0.0893. The van der Waals surface area contributed by atoms with E-state index in [4.69, 9.17) is 26.5 Å². The summed E-state index contributed by atoms with van der Waals surface area (Å²) in [4.78, 5) is 13.4. The highest BCUT2D eigenvalue weighted by Crippen LogP contribution is 2.29. The first kappa shape index (κ1) is 25.1. The van der Waals surface area contributed by atoms with Crippen molar-refractivity contribution in [3.63, 3.8) is 0 Å². The molecule has 0 radical (unpaired) electrons. The number of nitrogens with one attached hydrogen (secondary N) is 1. The zero-order valence-electron chi connectivity index (χ0n) is 17.0. The van der Waals surface area contributed by atoms with Crippen molar-refractivity contribution in [2.75, 3.05) is 6.61 Å². The third-order valence-corrected chi connectivity index (χ3v) is 4.23. The molecule has 3 unspecified atom stereocenters. The van der Waals surface area contributed by atoms with Gasteiger partial charge in [0.25, 0.3) is 0 Å². The van der Waals surface area contributed by atoms with Gasteiger partial charge in [-0.2, -0.15) is 0 Å². The van der Waals surface area contributed by atoms with Crippen molar-refractivity contribution in [2.45, 2.75) is 72.0 Å². The number of rotatable bonds is 4. The van der Waals surface area contributed by atoms with Crippen molar-refractivity contribution < 1.29 is 24.9 Å². The molecule has 2 aliphatic rings. The third-order valence-electron chi connectivity index (χ3n) is 4.23. The van der Waals surface area contributed by atoms with Crippen LogP contribution in [0.2, 0.25) is 0 Å². The Morgan fingerprint density at radius 3 is 2.37 bits per heavy atom. The van der Waals surface area contributed by atoms with Crippen LogP contribution in [0.3, 0.4) is 0 Å². The third kappa shape index (κ3) is 7.73. The molecule has 1 saturated heterocycles. The van der Waals surface area contributed by atoms with E-state index >= 15 is 0 Å². The lowest BCUT2D eigenvalue weighted by Gasteiger charge is -2.30.